The number of pyridine rings is 1. The van der Waals surface area contributed by atoms with Gasteiger partial charge >= 0.3 is 0 Å². The monoisotopic (exact) mass is 776 g/mol. The molecule has 0 fully saturated rings. The second kappa shape index (κ2) is 14.4. The summed E-state index contributed by atoms with van der Waals surface area (Å²) in [5.41, 5.74) is 5.21. The van der Waals surface area contributed by atoms with Gasteiger partial charge in [0.2, 0.25) is 0 Å². The SMILES string of the molecule is CC(C)c1cccc(C(C)C)c1-n1ccnc1-c1[c-]cc(F)cc1.C[Si](C)(C)c1ccc(-c2[c-]cc(F)cc2F)nc1.[Ir]. The number of hydrogen-bond acceptors (Lipinski definition) is 2. The summed E-state index contributed by atoms with van der Waals surface area (Å²) in [7, 11) is -1.41. The molecule has 3 aromatic carbocycles. The Morgan fingerprint density at radius 3 is 1.95 bits per heavy atom. The first-order chi connectivity index (χ1) is 19.9. The van der Waals surface area contributed by atoms with Gasteiger partial charge in [-0.05, 0) is 33.8 Å². The maximum absolute atomic E-state index is 13.6. The van der Waals surface area contributed by atoms with Gasteiger partial charge in [0.05, 0.1) is 13.9 Å². The molecule has 0 saturated carbocycles. The second-order valence-electron chi connectivity index (χ2n) is 11.9. The van der Waals surface area contributed by atoms with Crippen LogP contribution in [0.2, 0.25) is 19.6 Å². The van der Waals surface area contributed by atoms with Gasteiger partial charge in [-0.15, -0.1) is 42.0 Å². The first-order valence-electron chi connectivity index (χ1n) is 14.0. The van der Waals surface area contributed by atoms with Crippen molar-refractivity contribution in [2.24, 2.45) is 0 Å². The van der Waals surface area contributed by atoms with Crippen LogP contribution >= 0.6 is 0 Å². The predicted octanol–water partition coefficient (Wildman–Crippen LogP) is 9.10. The van der Waals surface area contributed by atoms with Gasteiger partial charge in [0.15, 0.2) is 0 Å². The van der Waals surface area contributed by atoms with Gasteiger partial charge in [0, 0.05) is 61.8 Å². The summed E-state index contributed by atoms with van der Waals surface area (Å²) in [6.45, 7) is 15.4. The Kier molecular flexibility index (Phi) is 11.5. The number of hydrogen-bond donors (Lipinski definition) is 0. The number of rotatable bonds is 6. The third-order valence-electron chi connectivity index (χ3n) is 6.98. The number of halogens is 3. The van der Waals surface area contributed by atoms with Crippen LogP contribution in [0.5, 0.6) is 0 Å². The molecule has 0 aliphatic heterocycles. The van der Waals surface area contributed by atoms with Gasteiger partial charge in [-0.3, -0.25) is 18.2 Å². The van der Waals surface area contributed by atoms with Crippen molar-refractivity contribution in [1.82, 2.24) is 14.5 Å². The van der Waals surface area contributed by atoms with Crippen LogP contribution < -0.4 is 5.19 Å². The second-order valence-corrected chi connectivity index (χ2v) is 16.9. The normalized spacial score (nSPS) is 11.3. The molecule has 8 heteroatoms. The van der Waals surface area contributed by atoms with Crippen molar-refractivity contribution in [3.8, 4) is 28.3 Å². The number of nitrogens with zero attached hydrogens (tertiary/aromatic N) is 3. The zero-order valence-corrected chi connectivity index (χ0v) is 28.9. The van der Waals surface area contributed by atoms with Crippen LogP contribution in [0.3, 0.4) is 0 Å². The Morgan fingerprint density at radius 2 is 1.44 bits per heavy atom. The molecule has 2 heterocycles. The van der Waals surface area contributed by atoms with Crippen molar-refractivity contribution in [3.05, 3.63) is 120 Å². The van der Waals surface area contributed by atoms with Gasteiger partial charge in [0.1, 0.15) is 0 Å². The molecular formula is C35H36F3IrN3Si-2. The summed E-state index contributed by atoms with van der Waals surface area (Å²) in [5, 5.41) is 1.20. The number of para-hydroxylation sites is 1. The molecule has 0 aliphatic rings. The summed E-state index contributed by atoms with van der Waals surface area (Å²) in [5.74, 6) is 0.0165. The maximum atomic E-state index is 13.6. The average Bonchev–Trinajstić information content (AvgIpc) is 3.42. The number of aromatic nitrogens is 3. The van der Waals surface area contributed by atoms with E-state index in [-0.39, 0.29) is 31.5 Å². The van der Waals surface area contributed by atoms with Crippen molar-refractivity contribution < 1.29 is 33.3 Å². The Bertz CT molecular complexity index is 1610. The van der Waals surface area contributed by atoms with E-state index in [9.17, 15) is 13.2 Å². The maximum Gasteiger partial charge on any atom is 0.0795 e. The molecule has 0 spiro atoms. The molecule has 1 radical (unpaired) electrons. The molecule has 0 aliphatic carbocycles. The topological polar surface area (TPSA) is 30.7 Å². The molecule has 5 aromatic rings. The van der Waals surface area contributed by atoms with E-state index in [1.54, 1.807) is 24.5 Å². The minimum Gasteiger partial charge on any atom is -0.340 e. The van der Waals surface area contributed by atoms with E-state index in [1.165, 1.54) is 34.1 Å². The molecule has 0 saturated heterocycles. The molecule has 0 unspecified atom stereocenters. The zero-order valence-electron chi connectivity index (χ0n) is 25.5. The standard InChI is InChI=1S/C21H22FN2.C14H14F2NSi.Ir/c1-14(2)18-6-5-7-19(15(3)4)20(18)24-13-12-23-21(24)16-8-10-17(22)11-9-16;1-18(2,3)11-5-7-14(17-9-11)12-6-4-10(15)8-13(12)16;/h5-8,10-15H,1-4H3;4-5,7-9H,1-3H3;/q2*-1;. The average molecular weight is 776 g/mol. The van der Waals surface area contributed by atoms with E-state index in [2.05, 4.69) is 92.2 Å². The first-order valence-corrected chi connectivity index (χ1v) is 17.5. The largest absolute Gasteiger partial charge is 0.340 e. The van der Waals surface area contributed by atoms with E-state index >= 15 is 0 Å². The van der Waals surface area contributed by atoms with Crippen LogP contribution in [0, 0.1) is 29.6 Å². The van der Waals surface area contributed by atoms with Gasteiger partial charge in [0.25, 0.3) is 0 Å². The van der Waals surface area contributed by atoms with E-state index in [1.807, 2.05) is 12.3 Å². The van der Waals surface area contributed by atoms with Crippen molar-refractivity contribution in [2.45, 2.75) is 59.2 Å². The molecule has 0 N–H and O–H groups in total. The van der Waals surface area contributed by atoms with Crippen molar-refractivity contribution >= 4 is 13.3 Å². The fourth-order valence-electron chi connectivity index (χ4n) is 4.64. The zero-order chi connectivity index (χ0) is 30.6. The van der Waals surface area contributed by atoms with Crippen molar-refractivity contribution in [2.75, 3.05) is 0 Å². The summed E-state index contributed by atoms with van der Waals surface area (Å²) in [4.78, 5) is 8.75. The Morgan fingerprint density at radius 1 is 0.791 bits per heavy atom. The van der Waals surface area contributed by atoms with Gasteiger partial charge in [-0.25, -0.2) is 0 Å². The molecule has 0 bridgehead atoms. The summed E-state index contributed by atoms with van der Waals surface area (Å²) >= 11 is 0. The van der Waals surface area contributed by atoms with Crippen LogP contribution in [-0.4, -0.2) is 22.6 Å². The van der Waals surface area contributed by atoms with Crippen molar-refractivity contribution in [1.29, 1.82) is 0 Å². The van der Waals surface area contributed by atoms with Gasteiger partial charge in [-0.2, -0.15) is 0 Å². The Labute approximate surface area is 267 Å². The van der Waals surface area contributed by atoms with Gasteiger partial charge in [-0.1, -0.05) is 89.3 Å². The summed E-state index contributed by atoms with van der Waals surface area (Å²) in [6.07, 6.45) is 5.53. The minimum absolute atomic E-state index is 0. The van der Waals surface area contributed by atoms with Gasteiger partial charge < -0.3 is 9.55 Å². The predicted molar refractivity (Wildman–Crippen MR) is 167 cm³/mol. The Balaban J connectivity index is 0.000000239. The fraction of sp³-hybridized carbons (Fsp3) is 0.257. The fourth-order valence-corrected chi connectivity index (χ4v) is 5.68. The quantitative estimate of drug-likeness (QED) is 0.127. The van der Waals surface area contributed by atoms with E-state index < -0.39 is 19.7 Å². The van der Waals surface area contributed by atoms with Crippen LogP contribution in [0.4, 0.5) is 13.2 Å². The third-order valence-corrected chi connectivity index (χ3v) is 9.01. The molecule has 0 atom stereocenters. The summed E-state index contributed by atoms with van der Waals surface area (Å²) < 4.78 is 41.7. The van der Waals surface area contributed by atoms with Crippen molar-refractivity contribution in [3.63, 3.8) is 0 Å². The third kappa shape index (κ3) is 8.20. The van der Waals surface area contributed by atoms with Crippen LogP contribution in [0.1, 0.15) is 50.7 Å². The first kappa shape index (κ1) is 34.2. The van der Waals surface area contributed by atoms with Crippen LogP contribution in [-0.2, 0) is 20.1 Å². The molecule has 43 heavy (non-hydrogen) atoms. The summed E-state index contributed by atoms with van der Waals surface area (Å²) in [6, 6.07) is 22.2. The molecule has 5 rings (SSSR count). The van der Waals surface area contributed by atoms with Crippen LogP contribution in [0.25, 0.3) is 28.3 Å². The number of imidazole rings is 1. The smallest absolute Gasteiger partial charge is 0.0795 e. The van der Waals surface area contributed by atoms with E-state index in [0.29, 0.717) is 17.5 Å². The molecular weight excluding hydrogens is 740 g/mol. The molecule has 0 amide bonds. The minimum atomic E-state index is -1.41. The van der Waals surface area contributed by atoms with Crippen LogP contribution in [0.15, 0.2) is 79.3 Å². The molecule has 227 valence electrons. The van der Waals surface area contributed by atoms with E-state index in [0.717, 1.165) is 23.5 Å². The van der Waals surface area contributed by atoms with E-state index in [4.69, 9.17) is 0 Å². The number of benzene rings is 3. The molecule has 2 aromatic heterocycles. The Hall–Kier alpha value is -3.32. The molecule has 3 nitrogen and oxygen atoms in total.